The van der Waals surface area contributed by atoms with Crippen molar-refractivity contribution < 1.29 is 14.3 Å². The minimum atomic E-state index is -0.564. The normalized spacial score (nSPS) is 21.2. The summed E-state index contributed by atoms with van der Waals surface area (Å²) in [5.41, 5.74) is 4.41. The van der Waals surface area contributed by atoms with Crippen LogP contribution in [0.5, 0.6) is 5.75 Å². The van der Waals surface area contributed by atoms with Gasteiger partial charge in [0.15, 0.2) is 11.6 Å². The number of nitrogens with one attached hydrogen (secondary N) is 1. The number of ketones is 2. The van der Waals surface area contributed by atoms with E-state index in [1.807, 2.05) is 30.3 Å². The standard InChI is InChI=1S/C30H31Cl2NO3/c1-29(2)12-21-26(23(34)14-29)25(27-22(33-21)13-30(3,4)15-24(27)35)19-10-18(31)11-20(32)28(19)36-16-17-8-6-5-7-9-17/h5-11,25,33H,12-16H2,1-4H3. The lowest BCUT2D eigenvalue weighted by molar-refractivity contribution is -0.119. The molecule has 0 saturated carbocycles. The predicted octanol–water partition coefficient (Wildman–Crippen LogP) is 7.55. The van der Waals surface area contributed by atoms with Crippen LogP contribution >= 0.6 is 23.2 Å². The van der Waals surface area contributed by atoms with Crippen molar-refractivity contribution in [2.45, 2.75) is 65.9 Å². The van der Waals surface area contributed by atoms with Crippen LogP contribution in [0.4, 0.5) is 0 Å². The Balaban J connectivity index is 1.69. The molecule has 3 aliphatic rings. The summed E-state index contributed by atoms with van der Waals surface area (Å²) in [6, 6.07) is 13.3. The molecule has 36 heavy (non-hydrogen) atoms. The van der Waals surface area contributed by atoms with Gasteiger partial charge in [-0.05, 0) is 41.4 Å². The fraction of sp³-hybridized carbons (Fsp3) is 0.400. The maximum atomic E-state index is 13.7. The third-order valence-corrected chi connectivity index (χ3v) is 7.79. The third-order valence-electron chi connectivity index (χ3n) is 7.29. The quantitative estimate of drug-likeness (QED) is 0.449. The van der Waals surface area contributed by atoms with Gasteiger partial charge in [0, 0.05) is 51.9 Å². The summed E-state index contributed by atoms with van der Waals surface area (Å²) in [6.07, 6.45) is 2.29. The van der Waals surface area contributed by atoms with Gasteiger partial charge in [0.2, 0.25) is 0 Å². The van der Waals surface area contributed by atoms with Crippen molar-refractivity contribution in [1.29, 1.82) is 0 Å². The molecule has 0 bridgehead atoms. The first-order chi connectivity index (χ1) is 16.9. The number of rotatable bonds is 4. The highest BCUT2D eigenvalue weighted by molar-refractivity contribution is 6.35. The number of halogens is 2. The lowest BCUT2D eigenvalue weighted by Gasteiger charge is -2.44. The molecule has 0 radical (unpaired) electrons. The van der Waals surface area contributed by atoms with Gasteiger partial charge in [0.1, 0.15) is 12.4 Å². The molecule has 2 aromatic carbocycles. The van der Waals surface area contributed by atoms with Crippen molar-refractivity contribution in [2.75, 3.05) is 0 Å². The van der Waals surface area contributed by atoms with Crippen molar-refractivity contribution in [3.05, 3.63) is 86.2 Å². The zero-order chi connectivity index (χ0) is 25.8. The van der Waals surface area contributed by atoms with Crippen LogP contribution in [0.1, 0.15) is 70.4 Å². The van der Waals surface area contributed by atoms with E-state index < -0.39 is 5.92 Å². The summed E-state index contributed by atoms with van der Waals surface area (Å²) in [5, 5.41) is 4.35. The maximum Gasteiger partial charge on any atom is 0.162 e. The minimum Gasteiger partial charge on any atom is -0.487 e. The Hall–Kier alpha value is -2.56. The summed E-state index contributed by atoms with van der Waals surface area (Å²) >= 11 is 13.2. The fourth-order valence-electron chi connectivity index (χ4n) is 5.88. The van der Waals surface area contributed by atoms with E-state index in [4.69, 9.17) is 27.9 Å². The molecule has 6 heteroatoms. The van der Waals surface area contributed by atoms with E-state index >= 15 is 0 Å². The lowest BCUT2D eigenvalue weighted by Crippen LogP contribution is -2.42. The van der Waals surface area contributed by atoms with E-state index in [0.29, 0.717) is 52.0 Å². The van der Waals surface area contributed by atoms with Crippen LogP contribution in [0, 0.1) is 10.8 Å². The SMILES string of the molecule is CC1(C)CC(=O)C2=C(C1)NC1=C(C(=O)CC(C)(C)C1)C2c1cc(Cl)cc(Cl)c1OCc1ccccc1. The number of carbonyl (C=O) groups is 2. The number of allylic oxidation sites excluding steroid dienone is 4. The summed E-state index contributed by atoms with van der Waals surface area (Å²) in [5.74, 6) is -0.00251. The topological polar surface area (TPSA) is 55.4 Å². The molecule has 1 aliphatic heterocycles. The average molecular weight is 524 g/mol. The number of dihydropyridines is 1. The second kappa shape index (κ2) is 9.08. The molecular weight excluding hydrogens is 493 g/mol. The number of carbonyl (C=O) groups excluding carboxylic acids is 2. The van der Waals surface area contributed by atoms with Gasteiger partial charge in [-0.1, -0.05) is 81.2 Å². The Labute approximate surface area is 222 Å². The van der Waals surface area contributed by atoms with Gasteiger partial charge >= 0.3 is 0 Å². The Kier molecular flexibility index (Phi) is 6.33. The van der Waals surface area contributed by atoms with Gasteiger partial charge in [-0.3, -0.25) is 9.59 Å². The molecular formula is C30H31Cl2NO3. The van der Waals surface area contributed by atoms with Crippen LogP contribution in [-0.2, 0) is 16.2 Å². The molecule has 0 saturated heterocycles. The molecule has 1 heterocycles. The highest BCUT2D eigenvalue weighted by Gasteiger charge is 2.47. The van der Waals surface area contributed by atoms with Gasteiger partial charge in [-0.25, -0.2) is 0 Å². The molecule has 0 atom stereocenters. The van der Waals surface area contributed by atoms with Gasteiger partial charge in [-0.15, -0.1) is 0 Å². The third kappa shape index (κ3) is 4.73. The molecule has 5 rings (SSSR count). The number of hydrogen-bond donors (Lipinski definition) is 1. The lowest BCUT2D eigenvalue weighted by atomic mass is 9.64. The molecule has 0 fully saturated rings. The molecule has 0 amide bonds. The van der Waals surface area contributed by atoms with Crippen molar-refractivity contribution in [2.24, 2.45) is 10.8 Å². The molecule has 1 N–H and O–H groups in total. The van der Waals surface area contributed by atoms with E-state index in [9.17, 15) is 9.59 Å². The predicted molar refractivity (Wildman–Crippen MR) is 143 cm³/mol. The number of benzene rings is 2. The highest BCUT2D eigenvalue weighted by Crippen LogP contribution is 2.53. The van der Waals surface area contributed by atoms with Crippen molar-refractivity contribution >= 4 is 34.8 Å². The van der Waals surface area contributed by atoms with E-state index in [1.165, 1.54) is 0 Å². The largest absolute Gasteiger partial charge is 0.487 e. The Morgan fingerprint density at radius 2 is 1.42 bits per heavy atom. The number of ether oxygens (including phenoxy) is 1. The van der Waals surface area contributed by atoms with E-state index in [2.05, 4.69) is 33.0 Å². The number of Topliss-reactive ketones (excluding diaryl/α,β-unsaturated/α-hetero) is 2. The average Bonchev–Trinajstić information content (AvgIpc) is 2.75. The van der Waals surface area contributed by atoms with Crippen LogP contribution in [-0.4, -0.2) is 11.6 Å². The summed E-state index contributed by atoms with van der Waals surface area (Å²) < 4.78 is 6.30. The van der Waals surface area contributed by atoms with Gasteiger partial charge in [0.05, 0.1) is 5.02 Å². The Morgan fingerprint density at radius 1 is 0.861 bits per heavy atom. The zero-order valence-electron chi connectivity index (χ0n) is 21.1. The van der Waals surface area contributed by atoms with Crippen molar-refractivity contribution in [1.82, 2.24) is 5.32 Å². The van der Waals surface area contributed by atoms with E-state index in [-0.39, 0.29) is 22.4 Å². The van der Waals surface area contributed by atoms with Gasteiger partial charge in [-0.2, -0.15) is 0 Å². The first-order valence-electron chi connectivity index (χ1n) is 12.4. The molecule has 0 aromatic heterocycles. The first kappa shape index (κ1) is 25.1. The van der Waals surface area contributed by atoms with Crippen LogP contribution in [0.25, 0.3) is 0 Å². The van der Waals surface area contributed by atoms with Crippen molar-refractivity contribution in [3.8, 4) is 5.75 Å². The van der Waals surface area contributed by atoms with Gasteiger partial charge < -0.3 is 10.1 Å². The van der Waals surface area contributed by atoms with E-state index in [0.717, 1.165) is 29.8 Å². The number of hydrogen-bond acceptors (Lipinski definition) is 4. The first-order valence-corrected chi connectivity index (χ1v) is 13.1. The van der Waals surface area contributed by atoms with Crippen LogP contribution in [0.15, 0.2) is 65.0 Å². The Morgan fingerprint density at radius 3 is 1.97 bits per heavy atom. The monoisotopic (exact) mass is 523 g/mol. The van der Waals surface area contributed by atoms with E-state index in [1.54, 1.807) is 12.1 Å². The summed E-state index contributed by atoms with van der Waals surface area (Å²) in [7, 11) is 0. The second-order valence-electron chi connectivity index (χ2n) is 11.8. The maximum absolute atomic E-state index is 13.7. The van der Waals surface area contributed by atoms with Crippen LogP contribution < -0.4 is 10.1 Å². The second-order valence-corrected chi connectivity index (χ2v) is 12.6. The Bertz CT molecular complexity index is 1270. The fourth-order valence-corrected chi connectivity index (χ4v) is 6.44. The van der Waals surface area contributed by atoms with Crippen molar-refractivity contribution in [3.63, 3.8) is 0 Å². The molecule has 0 spiro atoms. The minimum absolute atomic E-state index is 0.0491. The molecule has 2 aliphatic carbocycles. The molecule has 0 unspecified atom stereocenters. The van der Waals surface area contributed by atoms with Gasteiger partial charge in [0.25, 0.3) is 0 Å². The summed E-state index contributed by atoms with van der Waals surface area (Å²) in [6.45, 7) is 8.73. The highest BCUT2D eigenvalue weighted by atomic mass is 35.5. The summed E-state index contributed by atoms with van der Waals surface area (Å²) in [4.78, 5) is 27.3. The van der Waals surface area contributed by atoms with Crippen LogP contribution in [0.2, 0.25) is 10.0 Å². The zero-order valence-corrected chi connectivity index (χ0v) is 22.6. The molecule has 188 valence electrons. The van der Waals surface area contributed by atoms with Crippen LogP contribution in [0.3, 0.4) is 0 Å². The smallest absolute Gasteiger partial charge is 0.162 e. The molecule has 2 aromatic rings. The molecule has 4 nitrogen and oxygen atoms in total.